The number of nitrogens with one attached hydrogen (secondary N) is 1. The Bertz CT molecular complexity index is 344. The van der Waals surface area contributed by atoms with E-state index in [1.54, 1.807) is 6.92 Å². The molecule has 0 aliphatic rings. The number of carboxylic acids is 1. The molecule has 0 saturated carbocycles. The Hall–Kier alpha value is -1.73. The van der Waals surface area contributed by atoms with Gasteiger partial charge in [0.05, 0.1) is 0 Å². The highest BCUT2D eigenvalue weighted by molar-refractivity contribution is 5.86. The number of carbonyl (C=O) groups is 2. The molecule has 2 N–H and O–H groups in total. The van der Waals surface area contributed by atoms with Crippen molar-refractivity contribution in [3.63, 3.8) is 0 Å². The fourth-order valence-corrected chi connectivity index (χ4v) is 1.05. The molecule has 104 valence electrons. The van der Waals surface area contributed by atoms with Crippen LogP contribution < -0.4 is 5.32 Å². The quantitative estimate of drug-likeness (QED) is 0.744. The van der Waals surface area contributed by atoms with Crippen LogP contribution in [0.2, 0.25) is 0 Å². The van der Waals surface area contributed by atoms with Crippen molar-refractivity contribution in [1.82, 2.24) is 10.2 Å². The molecule has 0 rings (SSSR count). The van der Waals surface area contributed by atoms with Gasteiger partial charge in [-0.3, -0.25) is 0 Å². The molecule has 1 atom stereocenters. The molecule has 1 unspecified atom stereocenters. The lowest BCUT2D eigenvalue weighted by molar-refractivity contribution is -0.203. The van der Waals surface area contributed by atoms with E-state index >= 15 is 0 Å². The van der Waals surface area contributed by atoms with Gasteiger partial charge in [-0.2, -0.15) is 13.2 Å². The zero-order valence-electron chi connectivity index (χ0n) is 10.0. The molecule has 8 heteroatoms. The van der Waals surface area contributed by atoms with E-state index in [1.165, 1.54) is 11.4 Å². The smallest absolute Gasteiger partial charge is 0.422 e. The van der Waals surface area contributed by atoms with E-state index in [2.05, 4.69) is 6.58 Å². The zero-order valence-corrected chi connectivity index (χ0v) is 10.0. The first-order valence-electron chi connectivity index (χ1n) is 5.08. The van der Waals surface area contributed by atoms with Crippen LogP contribution in [0.3, 0.4) is 0 Å². The van der Waals surface area contributed by atoms with Gasteiger partial charge in [0.25, 0.3) is 0 Å². The van der Waals surface area contributed by atoms with Crippen molar-refractivity contribution in [3.05, 3.63) is 12.7 Å². The molecule has 5 nitrogen and oxygen atoms in total. The van der Waals surface area contributed by atoms with Gasteiger partial charge in [-0.15, -0.1) is 6.58 Å². The highest BCUT2D eigenvalue weighted by atomic mass is 19.4. The molecule has 0 fully saturated rings. The predicted molar refractivity (Wildman–Crippen MR) is 58.1 cm³/mol. The Morgan fingerprint density at radius 2 is 1.94 bits per heavy atom. The third-order valence-corrected chi connectivity index (χ3v) is 2.37. The SMILES string of the molecule is C=CCN(CC)C(=O)NC(C)(C(=O)O)C(F)(F)F. The van der Waals surface area contributed by atoms with Gasteiger partial charge in [-0.1, -0.05) is 6.08 Å². The Balaban J connectivity index is 5.07. The monoisotopic (exact) mass is 268 g/mol. The third-order valence-electron chi connectivity index (χ3n) is 2.37. The fourth-order valence-electron chi connectivity index (χ4n) is 1.05. The minimum atomic E-state index is -5.10. The number of halogens is 3. The second-order valence-corrected chi connectivity index (χ2v) is 3.69. The summed E-state index contributed by atoms with van der Waals surface area (Å²) in [6, 6.07) is -1.11. The molecule has 0 spiro atoms. The molecule has 0 radical (unpaired) electrons. The van der Waals surface area contributed by atoms with Gasteiger partial charge in [0.1, 0.15) is 0 Å². The van der Waals surface area contributed by atoms with Crippen molar-refractivity contribution in [2.75, 3.05) is 13.1 Å². The van der Waals surface area contributed by atoms with Crippen molar-refractivity contribution >= 4 is 12.0 Å². The number of urea groups is 1. The fraction of sp³-hybridized carbons (Fsp3) is 0.600. The molecular weight excluding hydrogens is 253 g/mol. The summed E-state index contributed by atoms with van der Waals surface area (Å²) in [7, 11) is 0. The van der Waals surface area contributed by atoms with Crippen LogP contribution >= 0.6 is 0 Å². The number of likely N-dealkylation sites (N-methyl/N-ethyl adjacent to an activating group) is 1. The van der Waals surface area contributed by atoms with E-state index < -0.39 is 23.7 Å². The Kier molecular flexibility index (Phi) is 5.19. The van der Waals surface area contributed by atoms with E-state index in [0.29, 0.717) is 6.92 Å². The normalized spacial score (nSPS) is 14.5. The minimum Gasteiger partial charge on any atom is -0.479 e. The third kappa shape index (κ3) is 3.38. The Labute approximate surface area is 102 Å². The van der Waals surface area contributed by atoms with Crippen LogP contribution in [0.25, 0.3) is 0 Å². The Morgan fingerprint density at radius 3 is 2.22 bits per heavy atom. The number of hydrogen-bond donors (Lipinski definition) is 2. The maximum absolute atomic E-state index is 12.6. The van der Waals surface area contributed by atoms with Crippen molar-refractivity contribution in [2.24, 2.45) is 0 Å². The van der Waals surface area contributed by atoms with E-state index in [0.717, 1.165) is 4.90 Å². The highest BCUT2D eigenvalue weighted by Gasteiger charge is 2.58. The van der Waals surface area contributed by atoms with Gasteiger partial charge in [0.15, 0.2) is 0 Å². The number of amides is 2. The maximum atomic E-state index is 12.6. The first kappa shape index (κ1) is 16.3. The summed E-state index contributed by atoms with van der Waals surface area (Å²) < 4.78 is 37.9. The standard InChI is InChI=1S/C10H15F3N2O3/c1-4-6-15(5-2)8(18)14-9(3,7(16)17)10(11,12)13/h4H,1,5-6H2,2-3H3,(H,14,18)(H,16,17). The van der Waals surface area contributed by atoms with Crippen LogP contribution in [-0.2, 0) is 4.79 Å². The first-order valence-corrected chi connectivity index (χ1v) is 5.08. The van der Waals surface area contributed by atoms with E-state index in [9.17, 15) is 22.8 Å². The van der Waals surface area contributed by atoms with Gasteiger partial charge >= 0.3 is 18.2 Å². The lowest BCUT2D eigenvalue weighted by atomic mass is 10.0. The average Bonchev–Trinajstić information content (AvgIpc) is 2.23. The predicted octanol–water partition coefficient (Wildman–Crippen LogP) is 1.61. The van der Waals surface area contributed by atoms with Gasteiger partial charge in [-0.05, 0) is 13.8 Å². The Morgan fingerprint density at radius 1 is 1.44 bits per heavy atom. The van der Waals surface area contributed by atoms with Crippen molar-refractivity contribution in [3.8, 4) is 0 Å². The van der Waals surface area contributed by atoms with Crippen molar-refractivity contribution < 1.29 is 27.9 Å². The number of carboxylic acid groups (broad SMARTS) is 1. The van der Waals surface area contributed by atoms with Crippen LogP contribution in [0, 0.1) is 0 Å². The highest BCUT2D eigenvalue weighted by Crippen LogP contribution is 2.30. The number of aliphatic carboxylic acids is 1. The van der Waals surface area contributed by atoms with Crippen LogP contribution in [0.4, 0.5) is 18.0 Å². The van der Waals surface area contributed by atoms with Gasteiger partial charge in [0, 0.05) is 13.1 Å². The maximum Gasteiger partial charge on any atom is 0.422 e. The number of alkyl halides is 3. The summed E-state index contributed by atoms with van der Waals surface area (Å²) >= 11 is 0. The first-order chi connectivity index (χ1) is 8.10. The molecule has 2 amide bonds. The lowest BCUT2D eigenvalue weighted by Gasteiger charge is -2.31. The molecule has 0 aromatic heterocycles. The number of hydrogen-bond acceptors (Lipinski definition) is 2. The van der Waals surface area contributed by atoms with Crippen LogP contribution in [0.1, 0.15) is 13.8 Å². The largest absolute Gasteiger partial charge is 0.479 e. The second-order valence-electron chi connectivity index (χ2n) is 3.69. The summed E-state index contributed by atoms with van der Waals surface area (Å²) in [5, 5.41) is 10.1. The molecule has 18 heavy (non-hydrogen) atoms. The molecule has 0 bridgehead atoms. The van der Waals surface area contributed by atoms with Crippen LogP contribution in [-0.4, -0.2) is 46.8 Å². The molecule has 0 saturated heterocycles. The van der Waals surface area contributed by atoms with Gasteiger partial charge in [0.2, 0.25) is 5.54 Å². The summed E-state index contributed by atoms with van der Waals surface area (Å²) in [6.07, 6.45) is -3.77. The lowest BCUT2D eigenvalue weighted by Crippen LogP contribution is -2.64. The van der Waals surface area contributed by atoms with Crippen molar-refractivity contribution in [2.45, 2.75) is 25.6 Å². The summed E-state index contributed by atoms with van der Waals surface area (Å²) in [4.78, 5) is 23.2. The van der Waals surface area contributed by atoms with Crippen LogP contribution in [0.15, 0.2) is 12.7 Å². The molecule has 0 aliphatic carbocycles. The van der Waals surface area contributed by atoms with E-state index in [1.807, 2.05) is 0 Å². The van der Waals surface area contributed by atoms with Gasteiger partial charge < -0.3 is 15.3 Å². The van der Waals surface area contributed by atoms with E-state index in [4.69, 9.17) is 5.11 Å². The summed E-state index contributed by atoms with van der Waals surface area (Å²) in [5.41, 5.74) is -3.32. The average molecular weight is 268 g/mol. The van der Waals surface area contributed by atoms with Crippen molar-refractivity contribution in [1.29, 1.82) is 0 Å². The summed E-state index contributed by atoms with van der Waals surface area (Å²) in [6.45, 7) is 5.45. The summed E-state index contributed by atoms with van der Waals surface area (Å²) in [5.74, 6) is -2.17. The number of nitrogens with zero attached hydrogens (tertiary/aromatic N) is 1. The van der Waals surface area contributed by atoms with Crippen LogP contribution in [0.5, 0.6) is 0 Å². The zero-order chi connectivity index (χ0) is 14.6. The molecule has 0 aliphatic heterocycles. The number of rotatable bonds is 5. The second kappa shape index (κ2) is 5.74. The number of carbonyl (C=O) groups excluding carboxylic acids is 1. The molecule has 0 aromatic rings. The molecule has 0 heterocycles. The molecular formula is C10H15F3N2O3. The minimum absolute atomic E-state index is 0.0237. The van der Waals surface area contributed by atoms with Gasteiger partial charge in [-0.25, -0.2) is 9.59 Å². The topological polar surface area (TPSA) is 69.6 Å². The molecule has 0 aromatic carbocycles. The van der Waals surface area contributed by atoms with E-state index in [-0.39, 0.29) is 13.1 Å².